The number of carbonyl (C=O) groups excluding carboxylic acids is 1. The summed E-state index contributed by atoms with van der Waals surface area (Å²) in [6.07, 6.45) is 5.40. The second kappa shape index (κ2) is 8.15. The molecular weight excluding hydrogens is 306 g/mol. The quantitative estimate of drug-likeness (QED) is 0.844. The Hall–Kier alpha value is -2.08. The molecule has 3 heterocycles. The highest BCUT2D eigenvalue weighted by Crippen LogP contribution is 2.19. The minimum atomic E-state index is 0.0795. The lowest BCUT2D eigenvalue weighted by Gasteiger charge is -2.30. The molecule has 0 bridgehead atoms. The molecule has 0 radical (unpaired) electrons. The molecule has 1 amide bonds. The number of nitrogens with zero attached hydrogens (tertiary/aromatic N) is 2. The minimum absolute atomic E-state index is 0.0795. The summed E-state index contributed by atoms with van der Waals surface area (Å²) in [6.45, 7) is 5.18. The maximum atomic E-state index is 12.3. The fraction of sp³-hybridized carbons (Fsp3) is 0.556. The molecule has 2 aromatic rings. The highest BCUT2D eigenvalue weighted by Gasteiger charge is 2.25. The van der Waals surface area contributed by atoms with Gasteiger partial charge in [-0.2, -0.15) is 0 Å². The molecule has 24 heavy (non-hydrogen) atoms. The largest absolute Gasteiger partial charge is 0.468 e. The lowest BCUT2D eigenvalue weighted by Crippen LogP contribution is -2.39. The highest BCUT2D eigenvalue weighted by atomic mass is 16.5. The Morgan fingerprint density at radius 2 is 2.21 bits per heavy atom. The first-order chi connectivity index (χ1) is 11.7. The molecule has 6 nitrogen and oxygen atoms in total. The molecule has 6 heteroatoms. The molecular formula is C18H25N3O3. The smallest absolute Gasteiger partial charge is 0.223 e. The van der Waals surface area contributed by atoms with E-state index in [1.165, 1.54) is 0 Å². The van der Waals surface area contributed by atoms with Gasteiger partial charge in [0.25, 0.3) is 0 Å². The molecule has 2 aromatic heterocycles. The van der Waals surface area contributed by atoms with E-state index < -0.39 is 0 Å². The van der Waals surface area contributed by atoms with Gasteiger partial charge in [0.05, 0.1) is 25.0 Å². The van der Waals surface area contributed by atoms with Gasteiger partial charge in [-0.25, -0.2) is 0 Å². The van der Waals surface area contributed by atoms with Crippen LogP contribution in [0.3, 0.4) is 0 Å². The number of rotatable bonds is 7. The normalized spacial score (nSPS) is 16.4. The minimum Gasteiger partial charge on any atom is -0.468 e. The van der Waals surface area contributed by atoms with E-state index in [0.717, 1.165) is 62.5 Å². The maximum absolute atomic E-state index is 12.3. The summed E-state index contributed by atoms with van der Waals surface area (Å²) >= 11 is 0. The molecule has 1 saturated heterocycles. The van der Waals surface area contributed by atoms with E-state index in [1.54, 1.807) is 6.26 Å². The summed E-state index contributed by atoms with van der Waals surface area (Å²) in [5.41, 5.74) is 0.952. The average molecular weight is 331 g/mol. The van der Waals surface area contributed by atoms with Crippen LogP contribution >= 0.6 is 0 Å². The fourth-order valence-electron chi connectivity index (χ4n) is 3.11. The van der Waals surface area contributed by atoms with E-state index >= 15 is 0 Å². The second-order valence-electron chi connectivity index (χ2n) is 6.38. The molecule has 0 saturated carbocycles. The maximum Gasteiger partial charge on any atom is 0.223 e. The van der Waals surface area contributed by atoms with E-state index in [9.17, 15) is 4.79 Å². The van der Waals surface area contributed by atoms with Crippen molar-refractivity contribution < 1.29 is 13.7 Å². The van der Waals surface area contributed by atoms with Crippen LogP contribution in [0.25, 0.3) is 0 Å². The van der Waals surface area contributed by atoms with Gasteiger partial charge in [0, 0.05) is 12.0 Å². The Bertz CT molecular complexity index is 628. The van der Waals surface area contributed by atoms with Crippen molar-refractivity contribution in [1.29, 1.82) is 0 Å². The van der Waals surface area contributed by atoms with Crippen LogP contribution in [0.4, 0.5) is 0 Å². The topological polar surface area (TPSA) is 71.5 Å². The Balaban J connectivity index is 1.40. The first-order valence-electron chi connectivity index (χ1n) is 8.71. The van der Waals surface area contributed by atoms with Gasteiger partial charge in [-0.1, -0.05) is 18.5 Å². The van der Waals surface area contributed by atoms with Crippen molar-refractivity contribution in [1.82, 2.24) is 15.4 Å². The number of aryl methyl sites for hydroxylation is 1. The van der Waals surface area contributed by atoms with Crippen LogP contribution in [-0.2, 0) is 24.3 Å². The van der Waals surface area contributed by atoms with Crippen LogP contribution in [0.15, 0.2) is 33.4 Å². The molecule has 130 valence electrons. The van der Waals surface area contributed by atoms with E-state index in [4.69, 9.17) is 8.94 Å². The molecule has 3 rings (SSSR count). The third kappa shape index (κ3) is 4.47. The van der Waals surface area contributed by atoms with Gasteiger partial charge >= 0.3 is 0 Å². The average Bonchev–Trinajstić information content (AvgIpc) is 3.26. The molecule has 0 aromatic carbocycles. The summed E-state index contributed by atoms with van der Waals surface area (Å²) in [5.74, 6) is 1.89. The number of nitrogens with one attached hydrogen (secondary N) is 1. The zero-order valence-corrected chi connectivity index (χ0v) is 14.2. The third-order valence-electron chi connectivity index (χ3n) is 4.47. The first kappa shape index (κ1) is 16.8. The number of amides is 1. The van der Waals surface area contributed by atoms with E-state index in [-0.39, 0.29) is 11.8 Å². The number of furan rings is 1. The zero-order chi connectivity index (χ0) is 16.8. The second-order valence-corrected chi connectivity index (χ2v) is 6.38. The van der Waals surface area contributed by atoms with Gasteiger partial charge in [-0.15, -0.1) is 0 Å². The molecule has 1 N–H and O–H groups in total. The van der Waals surface area contributed by atoms with Crippen LogP contribution in [0.5, 0.6) is 0 Å². The molecule has 0 atom stereocenters. The molecule has 1 aliphatic heterocycles. The van der Waals surface area contributed by atoms with Crippen LogP contribution in [0.1, 0.15) is 43.4 Å². The Kier molecular flexibility index (Phi) is 5.69. The van der Waals surface area contributed by atoms with Gasteiger partial charge in [0.1, 0.15) is 5.76 Å². The first-order valence-corrected chi connectivity index (χ1v) is 8.71. The molecule has 1 aliphatic rings. The number of carbonyl (C=O) groups is 1. The van der Waals surface area contributed by atoms with Gasteiger partial charge in [-0.05, 0) is 44.5 Å². The fourth-order valence-corrected chi connectivity index (χ4v) is 3.11. The van der Waals surface area contributed by atoms with Crippen LogP contribution in [-0.4, -0.2) is 29.1 Å². The van der Waals surface area contributed by atoms with E-state index in [0.29, 0.717) is 6.54 Å². The van der Waals surface area contributed by atoms with Crippen molar-refractivity contribution in [2.75, 3.05) is 13.1 Å². The number of aromatic nitrogens is 1. The summed E-state index contributed by atoms with van der Waals surface area (Å²) in [6, 6.07) is 5.82. The van der Waals surface area contributed by atoms with Crippen molar-refractivity contribution in [3.05, 3.63) is 41.7 Å². The summed E-state index contributed by atoms with van der Waals surface area (Å²) in [4.78, 5) is 14.6. The van der Waals surface area contributed by atoms with Gasteiger partial charge in [0.15, 0.2) is 5.76 Å². The lowest BCUT2D eigenvalue weighted by atomic mass is 9.96. The predicted octanol–water partition coefficient (Wildman–Crippen LogP) is 2.75. The van der Waals surface area contributed by atoms with Crippen molar-refractivity contribution in [2.24, 2.45) is 5.92 Å². The highest BCUT2D eigenvalue weighted by molar-refractivity contribution is 5.78. The number of hydrogen-bond donors (Lipinski definition) is 1. The van der Waals surface area contributed by atoms with E-state index in [1.807, 2.05) is 18.2 Å². The standard InChI is InChI=1S/C18H25N3O3/c1-2-4-15-11-17(24-20-15)12-19-18(22)14-6-8-21(9-7-14)13-16-5-3-10-23-16/h3,5,10-11,14H,2,4,6-9,12-13H2,1H3,(H,19,22). The lowest BCUT2D eigenvalue weighted by molar-refractivity contribution is -0.126. The van der Waals surface area contributed by atoms with Crippen LogP contribution in [0, 0.1) is 5.92 Å². The third-order valence-corrected chi connectivity index (χ3v) is 4.47. The van der Waals surface area contributed by atoms with Crippen molar-refractivity contribution >= 4 is 5.91 Å². The number of likely N-dealkylation sites (tertiary alicyclic amines) is 1. The van der Waals surface area contributed by atoms with Gasteiger partial charge in [0.2, 0.25) is 5.91 Å². The predicted molar refractivity (Wildman–Crippen MR) is 89.1 cm³/mol. The van der Waals surface area contributed by atoms with Gasteiger partial charge < -0.3 is 14.3 Å². The SMILES string of the molecule is CCCc1cc(CNC(=O)C2CCN(Cc3ccco3)CC2)on1. The molecule has 0 aliphatic carbocycles. The summed E-state index contributed by atoms with van der Waals surface area (Å²) in [7, 11) is 0. The molecule has 0 unspecified atom stereocenters. The van der Waals surface area contributed by atoms with E-state index in [2.05, 4.69) is 22.3 Å². The monoisotopic (exact) mass is 331 g/mol. The summed E-state index contributed by atoms with van der Waals surface area (Å²) < 4.78 is 10.6. The Morgan fingerprint density at radius 3 is 2.92 bits per heavy atom. The van der Waals surface area contributed by atoms with Crippen molar-refractivity contribution in [3.63, 3.8) is 0 Å². The van der Waals surface area contributed by atoms with Gasteiger partial charge in [-0.3, -0.25) is 9.69 Å². The summed E-state index contributed by atoms with van der Waals surface area (Å²) in [5, 5.41) is 6.97. The number of hydrogen-bond acceptors (Lipinski definition) is 5. The van der Waals surface area contributed by atoms with Crippen LogP contribution in [0.2, 0.25) is 0 Å². The zero-order valence-electron chi connectivity index (χ0n) is 14.2. The van der Waals surface area contributed by atoms with Crippen molar-refractivity contribution in [3.8, 4) is 0 Å². The Labute approximate surface area is 142 Å². The molecule has 0 spiro atoms. The van der Waals surface area contributed by atoms with Crippen molar-refractivity contribution in [2.45, 2.75) is 45.7 Å². The Morgan fingerprint density at radius 1 is 1.38 bits per heavy atom. The van der Waals surface area contributed by atoms with Crippen LogP contribution < -0.4 is 5.32 Å². The molecule has 1 fully saturated rings. The number of piperidine rings is 1.